The minimum atomic E-state index is -2.99. The summed E-state index contributed by atoms with van der Waals surface area (Å²) in [6.07, 6.45) is 0.553. The molecule has 2 rings (SSSR count). The predicted octanol–water partition coefficient (Wildman–Crippen LogP) is 2.06. The zero-order valence-electron chi connectivity index (χ0n) is 11.7. The average Bonchev–Trinajstić information content (AvgIpc) is 2.67. The van der Waals surface area contributed by atoms with Crippen molar-refractivity contribution in [2.45, 2.75) is 45.1 Å². The Hall–Kier alpha value is -0.560. The summed E-state index contributed by atoms with van der Waals surface area (Å²) in [5, 5.41) is 4.58. The summed E-state index contributed by atoms with van der Waals surface area (Å²) in [5.74, 6) is 0.803. The number of hydrogen-bond donors (Lipinski definition) is 1. The molecule has 5 nitrogen and oxygen atoms in total. The van der Waals surface area contributed by atoms with Gasteiger partial charge in [0, 0.05) is 5.41 Å². The molecule has 1 aliphatic heterocycles. The number of nitrogens with zero attached hydrogens (tertiary/aromatic N) is 2. The second-order valence-electron chi connectivity index (χ2n) is 6.55. The summed E-state index contributed by atoms with van der Waals surface area (Å²) in [5.41, 5.74) is 6.28. The highest BCUT2D eigenvalue weighted by atomic mass is 79.9. The van der Waals surface area contributed by atoms with Crippen LogP contribution >= 0.6 is 15.9 Å². The standard InChI is InChI=1S/C12H20BrN3O2S/c1-11(2,3)9-8(13)10(14)16(15-9)12(4)5-6-19(17,18)7-12/h5-7,14H2,1-4H3. The lowest BCUT2D eigenvalue weighted by Crippen LogP contribution is -2.33. The van der Waals surface area contributed by atoms with Gasteiger partial charge in [0.25, 0.3) is 0 Å². The van der Waals surface area contributed by atoms with Crippen LogP contribution in [0.4, 0.5) is 5.82 Å². The molecule has 0 bridgehead atoms. The van der Waals surface area contributed by atoms with Gasteiger partial charge >= 0.3 is 0 Å². The lowest BCUT2D eigenvalue weighted by atomic mass is 9.92. The first kappa shape index (κ1) is 14.8. The van der Waals surface area contributed by atoms with Gasteiger partial charge in [-0.2, -0.15) is 5.10 Å². The fourth-order valence-electron chi connectivity index (χ4n) is 2.46. The van der Waals surface area contributed by atoms with Gasteiger partial charge in [0.15, 0.2) is 9.84 Å². The molecular formula is C12H20BrN3O2S. The Bertz CT molecular complexity index is 616. The van der Waals surface area contributed by atoms with Crippen molar-refractivity contribution < 1.29 is 8.42 Å². The van der Waals surface area contributed by atoms with E-state index in [1.165, 1.54) is 0 Å². The molecule has 0 saturated carbocycles. The van der Waals surface area contributed by atoms with E-state index in [4.69, 9.17) is 5.73 Å². The fraction of sp³-hybridized carbons (Fsp3) is 0.750. The molecule has 1 aromatic rings. The Labute approximate surface area is 122 Å². The highest BCUT2D eigenvalue weighted by molar-refractivity contribution is 9.10. The van der Waals surface area contributed by atoms with Crippen LogP contribution in [-0.2, 0) is 20.8 Å². The predicted molar refractivity (Wildman–Crippen MR) is 80.0 cm³/mol. The summed E-state index contributed by atoms with van der Waals surface area (Å²) in [4.78, 5) is 0. The molecule has 1 saturated heterocycles. The van der Waals surface area contributed by atoms with E-state index in [1.807, 2.05) is 6.92 Å². The van der Waals surface area contributed by atoms with Gasteiger partial charge in [-0.3, -0.25) is 0 Å². The molecule has 2 N–H and O–H groups in total. The van der Waals surface area contributed by atoms with Crippen LogP contribution < -0.4 is 5.73 Å². The molecular weight excluding hydrogens is 330 g/mol. The Balaban J connectivity index is 2.54. The summed E-state index contributed by atoms with van der Waals surface area (Å²) in [6, 6.07) is 0. The number of nitrogen functional groups attached to an aromatic ring is 1. The minimum absolute atomic E-state index is 0.0991. The Kier molecular flexibility index (Phi) is 3.29. The molecule has 1 aliphatic rings. The van der Waals surface area contributed by atoms with Crippen molar-refractivity contribution in [2.24, 2.45) is 0 Å². The van der Waals surface area contributed by atoms with Crippen LogP contribution in [-0.4, -0.2) is 29.7 Å². The molecule has 108 valence electrons. The molecule has 1 fully saturated rings. The molecule has 0 aliphatic carbocycles. The number of nitrogens with two attached hydrogens (primary N) is 1. The Morgan fingerprint density at radius 3 is 2.37 bits per heavy atom. The van der Waals surface area contributed by atoms with Crippen molar-refractivity contribution in [3.8, 4) is 0 Å². The minimum Gasteiger partial charge on any atom is -0.383 e. The second-order valence-corrected chi connectivity index (χ2v) is 9.53. The Morgan fingerprint density at radius 1 is 1.42 bits per heavy atom. The first-order valence-corrected chi connectivity index (χ1v) is 8.83. The number of anilines is 1. The van der Waals surface area contributed by atoms with Crippen molar-refractivity contribution in [1.82, 2.24) is 9.78 Å². The van der Waals surface area contributed by atoms with E-state index in [2.05, 4.69) is 41.8 Å². The molecule has 19 heavy (non-hydrogen) atoms. The van der Waals surface area contributed by atoms with Crippen LogP contribution in [0, 0.1) is 0 Å². The smallest absolute Gasteiger partial charge is 0.152 e. The second kappa shape index (κ2) is 4.22. The zero-order valence-corrected chi connectivity index (χ0v) is 14.1. The van der Waals surface area contributed by atoms with Gasteiger partial charge in [-0.1, -0.05) is 20.8 Å². The summed E-state index contributed by atoms with van der Waals surface area (Å²) in [7, 11) is -2.99. The van der Waals surface area contributed by atoms with E-state index in [9.17, 15) is 8.42 Å². The highest BCUT2D eigenvalue weighted by Crippen LogP contribution is 2.39. The van der Waals surface area contributed by atoms with Crippen molar-refractivity contribution in [1.29, 1.82) is 0 Å². The molecule has 2 heterocycles. The van der Waals surface area contributed by atoms with Crippen LogP contribution in [0.15, 0.2) is 4.47 Å². The average molecular weight is 350 g/mol. The van der Waals surface area contributed by atoms with Crippen LogP contribution in [0.5, 0.6) is 0 Å². The van der Waals surface area contributed by atoms with Crippen molar-refractivity contribution >= 4 is 31.6 Å². The third kappa shape index (κ3) is 2.54. The molecule has 7 heteroatoms. The number of rotatable bonds is 1. The van der Waals surface area contributed by atoms with Crippen LogP contribution in [0.3, 0.4) is 0 Å². The molecule has 0 spiro atoms. The molecule has 0 aromatic carbocycles. The molecule has 0 radical (unpaired) electrons. The first-order valence-electron chi connectivity index (χ1n) is 6.22. The molecule has 1 unspecified atom stereocenters. The topological polar surface area (TPSA) is 78.0 Å². The first-order chi connectivity index (χ1) is 8.46. The van der Waals surface area contributed by atoms with E-state index >= 15 is 0 Å². The van der Waals surface area contributed by atoms with Gasteiger partial charge in [0.05, 0.1) is 27.2 Å². The van der Waals surface area contributed by atoms with Crippen molar-refractivity contribution in [3.05, 3.63) is 10.2 Å². The number of hydrogen-bond acceptors (Lipinski definition) is 4. The van der Waals surface area contributed by atoms with Crippen molar-refractivity contribution in [2.75, 3.05) is 17.2 Å². The molecule has 1 aromatic heterocycles. The van der Waals surface area contributed by atoms with Gasteiger partial charge in [-0.15, -0.1) is 0 Å². The van der Waals surface area contributed by atoms with E-state index in [0.717, 1.165) is 10.2 Å². The van der Waals surface area contributed by atoms with Gasteiger partial charge < -0.3 is 5.73 Å². The van der Waals surface area contributed by atoms with Crippen LogP contribution in [0.2, 0.25) is 0 Å². The van der Waals surface area contributed by atoms with E-state index < -0.39 is 15.4 Å². The maximum atomic E-state index is 11.7. The third-order valence-electron chi connectivity index (χ3n) is 3.57. The highest BCUT2D eigenvalue weighted by Gasteiger charge is 2.43. The summed E-state index contributed by atoms with van der Waals surface area (Å²) < 4.78 is 25.9. The monoisotopic (exact) mass is 349 g/mol. The fourth-order valence-corrected chi connectivity index (χ4v) is 5.41. The molecule has 0 amide bonds. The number of halogens is 1. The number of sulfone groups is 1. The summed E-state index contributed by atoms with van der Waals surface area (Å²) >= 11 is 3.48. The number of aromatic nitrogens is 2. The van der Waals surface area contributed by atoms with Gasteiger partial charge in [-0.05, 0) is 29.3 Å². The van der Waals surface area contributed by atoms with E-state index in [1.54, 1.807) is 4.68 Å². The van der Waals surface area contributed by atoms with Crippen LogP contribution in [0.25, 0.3) is 0 Å². The quantitative estimate of drug-likeness (QED) is 0.841. The van der Waals surface area contributed by atoms with Gasteiger partial charge in [-0.25, -0.2) is 13.1 Å². The lowest BCUT2D eigenvalue weighted by Gasteiger charge is -2.24. The van der Waals surface area contributed by atoms with E-state index in [-0.39, 0.29) is 16.9 Å². The maximum Gasteiger partial charge on any atom is 0.152 e. The van der Waals surface area contributed by atoms with Crippen molar-refractivity contribution in [3.63, 3.8) is 0 Å². The van der Waals surface area contributed by atoms with E-state index in [0.29, 0.717) is 12.2 Å². The lowest BCUT2D eigenvalue weighted by molar-refractivity contribution is 0.328. The Morgan fingerprint density at radius 2 is 2.00 bits per heavy atom. The zero-order chi connectivity index (χ0) is 14.6. The maximum absolute atomic E-state index is 11.7. The van der Waals surface area contributed by atoms with Crippen LogP contribution in [0.1, 0.15) is 39.8 Å². The van der Waals surface area contributed by atoms with Gasteiger partial charge in [0.2, 0.25) is 0 Å². The SMILES string of the molecule is CC(C)(C)c1nn(C2(C)CCS(=O)(=O)C2)c(N)c1Br. The normalized spacial score (nSPS) is 26.8. The molecule has 1 atom stereocenters. The third-order valence-corrected chi connectivity index (χ3v) is 6.23. The summed E-state index contributed by atoms with van der Waals surface area (Å²) in [6.45, 7) is 8.06. The largest absolute Gasteiger partial charge is 0.383 e. The van der Waals surface area contributed by atoms with Gasteiger partial charge in [0.1, 0.15) is 5.82 Å².